The summed E-state index contributed by atoms with van der Waals surface area (Å²) in [5.74, 6) is -0.926. The lowest BCUT2D eigenvalue weighted by Gasteiger charge is -2.27. The summed E-state index contributed by atoms with van der Waals surface area (Å²) in [6, 6.07) is 6.48. The van der Waals surface area contributed by atoms with Gasteiger partial charge in [0, 0.05) is 17.1 Å². The zero-order valence-electron chi connectivity index (χ0n) is 12.0. The molecule has 1 aliphatic heterocycles. The van der Waals surface area contributed by atoms with Crippen LogP contribution in [0, 0.1) is 0 Å². The molecule has 0 aromatic heterocycles. The summed E-state index contributed by atoms with van der Waals surface area (Å²) in [5.41, 5.74) is 0.695. The maximum atomic E-state index is 12.4. The molecule has 1 unspecified atom stereocenters. The highest BCUT2D eigenvalue weighted by Gasteiger charge is 2.30. The summed E-state index contributed by atoms with van der Waals surface area (Å²) >= 11 is 1.60. The highest BCUT2D eigenvalue weighted by molar-refractivity contribution is 7.98. The van der Waals surface area contributed by atoms with Crippen molar-refractivity contribution in [3.05, 3.63) is 24.3 Å². The topological polar surface area (TPSA) is 69.6 Å². The molecule has 6 heteroatoms. The molecule has 0 spiro atoms. The smallest absolute Gasteiger partial charge is 0.326 e. The minimum absolute atomic E-state index is 0.331. The Morgan fingerprint density at radius 3 is 2.86 bits per heavy atom. The number of anilines is 1. The van der Waals surface area contributed by atoms with Crippen molar-refractivity contribution >= 4 is 29.4 Å². The van der Waals surface area contributed by atoms with E-state index in [2.05, 4.69) is 5.32 Å². The number of carbonyl (C=O) groups is 2. The Hall–Kier alpha value is -1.69. The molecule has 1 saturated heterocycles. The van der Waals surface area contributed by atoms with Crippen LogP contribution in [0.4, 0.5) is 10.5 Å². The van der Waals surface area contributed by atoms with E-state index in [9.17, 15) is 14.7 Å². The van der Waals surface area contributed by atoms with E-state index in [1.807, 2.05) is 30.5 Å². The van der Waals surface area contributed by atoms with Crippen molar-refractivity contribution in [3.8, 4) is 0 Å². The molecule has 0 bridgehead atoms. The molecule has 1 atom stereocenters. The molecule has 1 aromatic rings. The van der Waals surface area contributed by atoms with Gasteiger partial charge in [0.25, 0.3) is 0 Å². The Labute approximate surface area is 128 Å². The molecule has 2 rings (SSSR count). The molecule has 2 amide bonds. The maximum Gasteiger partial charge on any atom is 0.326 e. The molecule has 2 N–H and O–H groups in total. The van der Waals surface area contributed by atoms with Crippen LogP contribution in [0.3, 0.4) is 0 Å². The molecule has 1 aromatic carbocycles. The molecule has 1 heterocycles. The molecule has 114 valence electrons. The van der Waals surface area contributed by atoms with Gasteiger partial charge in [0.05, 0.1) is 0 Å². The number of carboxylic acids is 1. The average Bonchev–Trinajstić information content (AvgIpc) is 2.73. The van der Waals surface area contributed by atoms with Gasteiger partial charge in [-0.1, -0.05) is 18.9 Å². The second-order valence-corrected chi connectivity index (χ2v) is 5.94. The number of urea groups is 1. The molecule has 5 nitrogen and oxygen atoms in total. The number of amides is 2. The number of carbonyl (C=O) groups excluding carboxylic acids is 1. The van der Waals surface area contributed by atoms with Crippen LogP contribution in [0.5, 0.6) is 0 Å². The third-order valence-electron chi connectivity index (χ3n) is 3.62. The van der Waals surface area contributed by atoms with Crippen LogP contribution in [0.15, 0.2) is 29.2 Å². The van der Waals surface area contributed by atoms with Crippen molar-refractivity contribution in [2.24, 2.45) is 0 Å². The van der Waals surface area contributed by atoms with Gasteiger partial charge < -0.3 is 15.3 Å². The second kappa shape index (κ2) is 7.36. The zero-order valence-corrected chi connectivity index (χ0v) is 12.9. The molecule has 0 radical (unpaired) electrons. The highest BCUT2D eigenvalue weighted by atomic mass is 32.2. The van der Waals surface area contributed by atoms with Crippen LogP contribution < -0.4 is 5.32 Å². The molecule has 0 saturated carbocycles. The number of hydrogen-bond donors (Lipinski definition) is 2. The summed E-state index contributed by atoms with van der Waals surface area (Å²) in [4.78, 5) is 26.2. The van der Waals surface area contributed by atoms with Gasteiger partial charge >= 0.3 is 12.0 Å². The van der Waals surface area contributed by atoms with E-state index in [1.165, 1.54) is 4.90 Å². The minimum atomic E-state index is -0.926. The van der Waals surface area contributed by atoms with E-state index in [4.69, 9.17) is 0 Å². The van der Waals surface area contributed by atoms with E-state index in [1.54, 1.807) is 11.8 Å². The van der Waals surface area contributed by atoms with Crippen LogP contribution in [0.1, 0.15) is 25.7 Å². The lowest BCUT2D eigenvalue weighted by Crippen LogP contribution is -2.46. The minimum Gasteiger partial charge on any atom is -0.480 e. The number of aliphatic carboxylic acids is 1. The fourth-order valence-electron chi connectivity index (χ4n) is 2.50. The lowest BCUT2D eigenvalue weighted by molar-refractivity contribution is -0.142. The summed E-state index contributed by atoms with van der Waals surface area (Å²) in [6.45, 7) is 0.491. The van der Waals surface area contributed by atoms with E-state index in [0.717, 1.165) is 24.2 Å². The lowest BCUT2D eigenvalue weighted by atomic mass is 10.1. The van der Waals surface area contributed by atoms with E-state index >= 15 is 0 Å². The summed E-state index contributed by atoms with van der Waals surface area (Å²) in [5, 5.41) is 12.1. The normalized spacial score (nSPS) is 18.9. The Kier molecular flexibility index (Phi) is 5.50. The van der Waals surface area contributed by atoms with Gasteiger partial charge in [-0.15, -0.1) is 11.8 Å². The quantitative estimate of drug-likeness (QED) is 0.841. The molecular formula is C15H20N2O3S. The van der Waals surface area contributed by atoms with Gasteiger partial charge in [-0.05, 0) is 37.3 Å². The number of benzene rings is 1. The molecule has 1 aliphatic rings. The summed E-state index contributed by atoms with van der Waals surface area (Å²) in [7, 11) is 0. The first-order valence-corrected chi connectivity index (χ1v) is 8.29. The van der Waals surface area contributed by atoms with Gasteiger partial charge in [0.2, 0.25) is 0 Å². The van der Waals surface area contributed by atoms with E-state index in [0.29, 0.717) is 18.7 Å². The van der Waals surface area contributed by atoms with Gasteiger partial charge in [0.1, 0.15) is 6.04 Å². The highest BCUT2D eigenvalue weighted by Crippen LogP contribution is 2.21. The predicted octanol–water partition coefficient (Wildman–Crippen LogP) is 3.27. The fraction of sp³-hybridized carbons (Fsp3) is 0.467. The van der Waals surface area contributed by atoms with Gasteiger partial charge in [-0.3, -0.25) is 0 Å². The Morgan fingerprint density at radius 1 is 1.33 bits per heavy atom. The Balaban J connectivity index is 2.10. The van der Waals surface area contributed by atoms with Crippen LogP contribution in [-0.4, -0.2) is 40.8 Å². The largest absolute Gasteiger partial charge is 0.480 e. The number of hydrogen-bond acceptors (Lipinski definition) is 3. The number of thioether (sulfide) groups is 1. The third kappa shape index (κ3) is 4.14. The zero-order chi connectivity index (χ0) is 15.2. The van der Waals surface area contributed by atoms with Crippen molar-refractivity contribution in [2.75, 3.05) is 18.1 Å². The van der Waals surface area contributed by atoms with E-state index in [-0.39, 0.29) is 6.03 Å². The fourth-order valence-corrected chi connectivity index (χ4v) is 2.96. The van der Waals surface area contributed by atoms with Crippen molar-refractivity contribution in [1.29, 1.82) is 0 Å². The number of nitrogens with one attached hydrogen (secondary N) is 1. The molecular weight excluding hydrogens is 288 g/mol. The van der Waals surface area contributed by atoms with Crippen molar-refractivity contribution in [1.82, 2.24) is 4.90 Å². The van der Waals surface area contributed by atoms with Crippen LogP contribution in [-0.2, 0) is 4.79 Å². The monoisotopic (exact) mass is 308 g/mol. The SMILES string of the molecule is CSc1cccc(NC(=O)N2CCCCCC2C(=O)O)c1. The van der Waals surface area contributed by atoms with Crippen molar-refractivity contribution < 1.29 is 14.7 Å². The summed E-state index contributed by atoms with van der Waals surface area (Å²) < 4.78 is 0. The number of carboxylic acid groups (broad SMARTS) is 1. The standard InChI is InChI=1S/C15H20N2O3S/c1-21-12-7-5-6-11(10-12)16-15(20)17-9-4-2-3-8-13(17)14(18)19/h5-7,10,13H,2-4,8-9H2,1H3,(H,16,20)(H,18,19). The van der Waals surface area contributed by atoms with E-state index < -0.39 is 12.0 Å². The van der Waals surface area contributed by atoms with Gasteiger partial charge in [0.15, 0.2) is 0 Å². The third-order valence-corrected chi connectivity index (χ3v) is 4.35. The average molecular weight is 308 g/mol. The number of likely N-dealkylation sites (tertiary alicyclic amines) is 1. The number of nitrogens with zero attached hydrogens (tertiary/aromatic N) is 1. The van der Waals surface area contributed by atoms with Crippen molar-refractivity contribution in [3.63, 3.8) is 0 Å². The number of rotatable bonds is 3. The van der Waals surface area contributed by atoms with Gasteiger partial charge in [-0.25, -0.2) is 9.59 Å². The first-order chi connectivity index (χ1) is 10.1. The molecule has 21 heavy (non-hydrogen) atoms. The van der Waals surface area contributed by atoms with Crippen LogP contribution >= 0.6 is 11.8 Å². The second-order valence-electron chi connectivity index (χ2n) is 5.06. The first-order valence-electron chi connectivity index (χ1n) is 7.06. The van der Waals surface area contributed by atoms with Crippen LogP contribution in [0.25, 0.3) is 0 Å². The van der Waals surface area contributed by atoms with Crippen LogP contribution in [0.2, 0.25) is 0 Å². The predicted molar refractivity (Wildman–Crippen MR) is 83.8 cm³/mol. The Bertz CT molecular complexity index is 521. The van der Waals surface area contributed by atoms with Crippen molar-refractivity contribution in [2.45, 2.75) is 36.6 Å². The van der Waals surface area contributed by atoms with Gasteiger partial charge in [-0.2, -0.15) is 0 Å². The molecule has 0 aliphatic carbocycles. The molecule has 1 fully saturated rings. The Morgan fingerprint density at radius 2 is 2.14 bits per heavy atom. The first kappa shape index (κ1) is 15.7. The maximum absolute atomic E-state index is 12.4. The summed E-state index contributed by atoms with van der Waals surface area (Å²) in [6.07, 6.45) is 5.16.